The van der Waals surface area contributed by atoms with Gasteiger partial charge in [0.1, 0.15) is 12.2 Å². The molecule has 0 atom stereocenters. The van der Waals surface area contributed by atoms with Crippen molar-refractivity contribution in [1.82, 2.24) is 9.88 Å². The van der Waals surface area contributed by atoms with Crippen molar-refractivity contribution in [2.75, 3.05) is 31.6 Å². The average Bonchev–Trinajstić information content (AvgIpc) is 2.53. The first-order chi connectivity index (χ1) is 10.9. The molecule has 1 amide bonds. The molecular weight excluding hydrogens is 294 g/mol. The molecule has 0 bridgehead atoms. The Balaban J connectivity index is 1.65. The fourth-order valence-corrected chi connectivity index (χ4v) is 3.05. The zero-order valence-electron chi connectivity index (χ0n) is 14.1. The molecule has 3 heterocycles. The number of fused-ring (bicyclic) bond motifs is 1. The van der Waals surface area contributed by atoms with Crippen molar-refractivity contribution >= 4 is 11.8 Å². The van der Waals surface area contributed by atoms with E-state index in [1.165, 1.54) is 0 Å². The zero-order valence-corrected chi connectivity index (χ0v) is 14.1. The quantitative estimate of drug-likeness (QED) is 0.862. The molecule has 0 spiro atoms. The Morgan fingerprint density at radius 2 is 2.13 bits per heavy atom. The summed E-state index contributed by atoms with van der Waals surface area (Å²) in [7, 11) is 0. The Hall–Kier alpha value is -1.98. The average molecular weight is 319 g/mol. The third-order valence-electron chi connectivity index (χ3n) is 4.13. The van der Waals surface area contributed by atoms with E-state index in [1.54, 1.807) is 4.90 Å². The summed E-state index contributed by atoms with van der Waals surface area (Å²) >= 11 is 0. The summed E-state index contributed by atoms with van der Waals surface area (Å²) in [5, 5.41) is 3.35. The first kappa shape index (κ1) is 15.9. The molecule has 0 unspecified atom stereocenters. The van der Waals surface area contributed by atoms with Crippen LogP contribution in [0.3, 0.4) is 0 Å². The third-order valence-corrected chi connectivity index (χ3v) is 4.13. The van der Waals surface area contributed by atoms with Gasteiger partial charge in [0, 0.05) is 31.7 Å². The number of hydrogen-bond donors (Lipinski definition) is 1. The van der Waals surface area contributed by atoms with Crippen LogP contribution >= 0.6 is 0 Å². The fourth-order valence-electron chi connectivity index (χ4n) is 3.05. The molecule has 1 aromatic heterocycles. The number of piperidine rings is 1. The van der Waals surface area contributed by atoms with Crippen LogP contribution in [-0.2, 0) is 4.74 Å². The monoisotopic (exact) mass is 319 g/mol. The maximum absolute atomic E-state index is 12.1. The van der Waals surface area contributed by atoms with Gasteiger partial charge in [-0.3, -0.25) is 4.98 Å². The highest BCUT2D eigenvalue weighted by Gasteiger charge is 2.30. The van der Waals surface area contributed by atoms with Crippen molar-refractivity contribution in [1.29, 1.82) is 0 Å². The minimum atomic E-state index is -0.451. The summed E-state index contributed by atoms with van der Waals surface area (Å²) < 4.78 is 11.3. The van der Waals surface area contributed by atoms with Gasteiger partial charge in [-0.15, -0.1) is 0 Å². The number of ether oxygens (including phenoxy) is 2. The summed E-state index contributed by atoms with van der Waals surface area (Å²) in [4.78, 5) is 18.5. The maximum atomic E-state index is 12.1. The number of anilines is 1. The summed E-state index contributed by atoms with van der Waals surface area (Å²) in [6.45, 7) is 8.55. The smallest absolute Gasteiger partial charge is 0.410 e. The van der Waals surface area contributed by atoms with Gasteiger partial charge in [0.25, 0.3) is 0 Å². The number of hydrogen-bond acceptors (Lipinski definition) is 5. The number of likely N-dealkylation sites (tertiary alicyclic amines) is 1. The van der Waals surface area contributed by atoms with Gasteiger partial charge < -0.3 is 19.7 Å². The van der Waals surface area contributed by atoms with Crippen LogP contribution in [0.25, 0.3) is 0 Å². The molecule has 6 heteroatoms. The van der Waals surface area contributed by atoms with Crippen LogP contribution in [0, 0.1) is 0 Å². The lowest BCUT2D eigenvalue weighted by molar-refractivity contribution is 0.0203. The summed E-state index contributed by atoms with van der Waals surface area (Å²) in [5.41, 5.74) is 1.59. The molecule has 0 saturated carbocycles. The van der Waals surface area contributed by atoms with Crippen LogP contribution in [0.4, 0.5) is 10.5 Å². The molecule has 23 heavy (non-hydrogen) atoms. The predicted molar refractivity (Wildman–Crippen MR) is 88.0 cm³/mol. The first-order valence-electron chi connectivity index (χ1n) is 8.27. The fraction of sp³-hybridized carbons (Fsp3) is 0.647. The lowest BCUT2D eigenvalue weighted by atomic mass is 9.92. The van der Waals surface area contributed by atoms with Gasteiger partial charge in [-0.05, 0) is 39.7 Å². The standard InChI is InChI=1S/C17H25N3O3/c1-17(2,3)23-16(21)20-9-5-12(6-10-20)14-15-13(4-7-19-14)18-8-11-22-15/h4,7,12,18H,5-6,8-11H2,1-3H3. The minimum absolute atomic E-state index is 0.225. The highest BCUT2D eigenvalue weighted by molar-refractivity contribution is 5.68. The molecule has 0 aromatic carbocycles. The molecule has 6 nitrogen and oxygen atoms in total. The van der Waals surface area contributed by atoms with Crippen LogP contribution in [0.1, 0.15) is 45.2 Å². The second-order valence-corrected chi connectivity index (χ2v) is 7.09. The van der Waals surface area contributed by atoms with Gasteiger partial charge >= 0.3 is 6.09 Å². The lowest BCUT2D eigenvalue weighted by Gasteiger charge is -2.34. The summed E-state index contributed by atoms with van der Waals surface area (Å²) in [5.74, 6) is 1.21. The normalized spacial score (nSPS) is 18.7. The highest BCUT2D eigenvalue weighted by Crippen LogP contribution is 2.38. The van der Waals surface area contributed by atoms with Gasteiger partial charge in [-0.2, -0.15) is 0 Å². The topological polar surface area (TPSA) is 63.7 Å². The summed E-state index contributed by atoms with van der Waals surface area (Å²) in [6.07, 6.45) is 3.37. The lowest BCUT2D eigenvalue weighted by Crippen LogP contribution is -2.41. The predicted octanol–water partition coefficient (Wildman–Crippen LogP) is 3.00. The van der Waals surface area contributed by atoms with Gasteiger partial charge in [-0.25, -0.2) is 4.79 Å². The van der Waals surface area contributed by atoms with E-state index in [9.17, 15) is 4.79 Å². The molecule has 3 rings (SSSR count). The second-order valence-electron chi connectivity index (χ2n) is 7.09. The molecule has 1 aromatic rings. The van der Waals surface area contributed by atoms with Crippen molar-refractivity contribution in [3.05, 3.63) is 18.0 Å². The number of carbonyl (C=O) groups excluding carboxylic acids is 1. The Bertz CT molecular complexity index is 575. The molecule has 1 N–H and O–H groups in total. The van der Waals surface area contributed by atoms with E-state index in [4.69, 9.17) is 9.47 Å². The molecular formula is C17H25N3O3. The third kappa shape index (κ3) is 3.68. The Morgan fingerprint density at radius 3 is 2.83 bits per heavy atom. The Labute approximate surface area is 137 Å². The molecule has 2 aliphatic rings. The van der Waals surface area contributed by atoms with E-state index in [2.05, 4.69) is 10.3 Å². The second kappa shape index (κ2) is 6.26. The molecule has 2 aliphatic heterocycles. The number of amides is 1. The van der Waals surface area contributed by atoms with Gasteiger partial charge in [0.05, 0.1) is 11.4 Å². The number of nitrogens with zero attached hydrogens (tertiary/aromatic N) is 2. The Kier molecular flexibility index (Phi) is 4.33. The maximum Gasteiger partial charge on any atom is 0.410 e. The van der Waals surface area contributed by atoms with Crippen LogP contribution in [0.2, 0.25) is 0 Å². The molecule has 1 fully saturated rings. The van der Waals surface area contributed by atoms with Crippen molar-refractivity contribution in [3.63, 3.8) is 0 Å². The molecule has 1 saturated heterocycles. The van der Waals surface area contributed by atoms with Crippen LogP contribution in [0.15, 0.2) is 12.3 Å². The van der Waals surface area contributed by atoms with Crippen molar-refractivity contribution < 1.29 is 14.3 Å². The van der Waals surface area contributed by atoms with E-state index < -0.39 is 5.60 Å². The number of nitrogens with one attached hydrogen (secondary N) is 1. The largest absolute Gasteiger partial charge is 0.488 e. The SMILES string of the molecule is CC(C)(C)OC(=O)N1CCC(c2nccc3c2OCCN3)CC1. The van der Waals surface area contributed by atoms with E-state index in [1.807, 2.05) is 33.0 Å². The van der Waals surface area contributed by atoms with Crippen molar-refractivity contribution in [2.45, 2.75) is 45.1 Å². The van der Waals surface area contributed by atoms with Crippen LogP contribution in [-0.4, -0.2) is 47.8 Å². The van der Waals surface area contributed by atoms with E-state index in [0.717, 1.165) is 36.5 Å². The minimum Gasteiger partial charge on any atom is -0.488 e. The number of pyridine rings is 1. The number of rotatable bonds is 1. The molecule has 0 aliphatic carbocycles. The number of aromatic nitrogens is 1. The summed E-state index contributed by atoms with van der Waals surface area (Å²) in [6, 6.07) is 1.95. The van der Waals surface area contributed by atoms with Crippen molar-refractivity contribution in [3.8, 4) is 5.75 Å². The zero-order chi connectivity index (χ0) is 16.4. The van der Waals surface area contributed by atoms with Gasteiger partial charge in [0.15, 0.2) is 5.75 Å². The van der Waals surface area contributed by atoms with Gasteiger partial charge in [0.2, 0.25) is 0 Å². The van der Waals surface area contributed by atoms with Gasteiger partial charge in [-0.1, -0.05) is 0 Å². The molecule has 126 valence electrons. The molecule has 0 radical (unpaired) electrons. The number of carbonyl (C=O) groups is 1. The van der Waals surface area contributed by atoms with E-state index >= 15 is 0 Å². The first-order valence-corrected chi connectivity index (χ1v) is 8.27. The van der Waals surface area contributed by atoms with E-state index in [-0.39, 0.29) is 6.09 Å². The van der Waals surface area contributed by atoms with Crippen molar-refractivity contribution in [2.24, 2.45) is 0 Å². The van der Waals surface area contributed by atoms with E-state index in [0.29, 0.717) is 25.6 Å². The van der Waals surface area contributed by atoms with Crippen LogP contribution in [0.5, 0.6) is 5.75 Å². The highest BCUT2D eigenvalue weighted by atomic mass is 16.6. The van der Waals surface area contributed by atoms with Crippen LogP contribution < -0.4 is 10.1 Å². The Morgan fingerprint density at radius 1 is 1.39 bits per heavy atom.